The van der Waals surface area contributed by atoms with Gasteiger partial charge < -0.3 is 18.8 Å². The van der Waals surface area contributed by atoms with Crippen LogP contribution in [-0.4, -0.2) is 56.2 Å². The van der Waals surface area contributed by atoms with E-state index in [0.29, 0.717) is 28.9 Å². The molecule has 0 saturated heterocycles. The van der Waals surface area contributed by atoms with E-state index in [9.17, 15) is 4.79 Å². The van der Waals surface area contributed by atoms with Gasteiger partial charge in [0.05, 0.1) is 26.2 Å². The van der Waals surface area contributed by atoms with Crippen molar-refractivity contribution in [3.8, 4) is 22.8 Å². The second-order valence-electron chi connectivity index (χ2n) is 6.90. The highest BCUT2D eigenvalue weighted by Crippen LogP contribution is 2.36. The van der Waals surface area contributed by atoms with Gasteiger partial charge in [-0.15, -0.1) is 11.3 Å². The van der Waals surface area contributed by atoms with E-state index in [1.165, 1.54) is 17.6 Å². The van der Waals surface area contributed by atoms with E-state index >= 15 is 0 Å². The third-order valence-electron chi connectivity index (χ3n) is 5.13. The molecule has 2 aromatic heterocycles. The SMILES string of the molecule is CCN(CC)CCCN(C(=O)c1ccco1)c1nc(-c2cc(OC)ccc2OC)cs1. The minimum absolute atomic E-state index is 0.192. The van der Waals surface area contributed by atoms with E-state index in [2.05, 4.69) is 18.7 Å². The van der Waals surface area contributed by atoms with E-state index in [0.717, 1.165) is 37.3 Å². The number of hydrogen-bond donors (Lipinski definition) is 0. The molecule has 0 aliphatic carbocycles. The smallest absolute Gasteiger partial charge is 0.295 e. The molecule has 1 aromatic carbocycles. The van der Waals surface area contributed by atoms with Crippen LogP contribution in [-0.2, 0) is 0 Å². The van der Waals surface area contributed by atoms with Crippen LogP contribution >= 0.6 is 11.3 Å². The molecule has 0 atom stereocenters. The summed E-state index contributed by atoms with van der Waals surface area (Å²) in [5.41, 5.74) is 1.55. The molecule has 8 heteroatoms. The van der Waals surface area contributed by atoms with E-state index in [-0.39, 0.29) is 5.91 Å². The molecule has 0 unspecified atom stereocenters. The van der Waals surface area contributed by atoms with Gasteiger partial charge in [-0.3, -0.25) is 9.69 Å². The van der Waals surface area contributed by atoms with Gasteiger partial charge in [0.15, 0.2) is 10.9 Å². The van der Waals surface area contributed by atoms with E-state index < -0.39 is 0 Å². The molecule has 0 radical (unpaired) electrons. The Bertz CT molecular complexity index is 967. The predicted octanol–water partition coefficient (Wildman–Crippen LogP) is 4.80. The molecule has 3 rings (SSSR count). The summed E-state index contributed by atoms with van der Waals surface area (Å²) >= 11 is 1.42. The summed E-state index contributed by atoms with van der Waals surface area (Å²) < 4.78 is 16.2. The molecule has 166 valence electrons. The van der Waals surface area contributed by atoms with Crippen LogP contribution in [0.2, 0.25) is 0 Å². The average molecular weight is 444 g/mol. The molecule has 0 spiro atoms. The lowest BCUT2D eigenvalue weighted by molar-refractivity contribution is 0.0959. The van der Waals surface area contributed by atoms with Gasteiger partial charge in [-0.2, -0.15) is 0 Å². The third-order valence-corrected chi connectivity index (χ3v) is 6.00. The molecule has 31 heavy (non-hydrogen) atoms. The highest BCUT2D eigenvalue weighted by atomic mass is 32.1. The third kappa shape index (κ3) is 5.45. The second-order valence-corrected chi connectivity index (χ2v) is 7.73. The summed E-state index contributed by atoms with van der Waals surface area (Å²) in [5.74, 6) is 1.53. The van der Waals surface area contributed by atoms with Crippen LogP contribution in [0.5, 0.6) is 11.5 Å². The van der Waals surface area contributed by atoms with Crippen LogP contribution in [0.15, 0.2) is 46.4 Å². The van der Waals surface area contributed by atoms with Crippen molar-refractivity contribution in [1.29, 1.82) is 0 Å². The first-order valence-corrected chi connectivity index (χ1v) is 11.2. The first kappa shape index (κ1) is 22.8. The van der Waals surface area contributed by atoms with Gasteiger partial charge >= 0.3 is 0 Å². The van der Waals surface area contributed by atoms with Crippen molar-refractivity contribution in [2.24, 2.45) is 0 Å². The van der Waals surface area contributed by atoms with Gasteiger partial charge in [0.2, 0.25) is 0 Å². The number of carbonyl (C=O) groups is 1. The summed E-state index contributed by atoms with van der Waals surface area (Å²) in [7, 11) is 3.25. The standard InChI is InChI=1S/C23H29N3O4S/c1-5-25(6-2)12-8-13-26(22(27)21-9-7-14-30-21)23-24-19(16-31-23)18-15-17(28-3)10-11-20(18)29-4/h7,9-11,14-16H,5-6,8,12-13H2,1-4H3. The Labute approximate surface area is 187 Å². The van der Waals surface area contributed by atoms with Crippen molar-refractivity contribution >= 4 is 22.4 Å². The fourth-order valence-electron chi connectivity index (χ4n) is 3.34. The molecular weight excluding hydrogens is 414 g/mol. The molecule has 0 aliphatic rings. The van der Waals surface area contributed by atoms with E-state index in [4.69, 9.17) is 18.9 Å². The van der Waals surface area contributed by atoms with Gasteiger partial charge in [-0.1, -0.05) is 13.8 Å². The Hall–Kier alpha value is -2.84. The maximum Gasteiger partial charge on any atom is 0.295 e. The topological polar surface area (TPSA) is 68.0 Å². The van der Waals surface area contributed by atoms with Gasteiger partial charge in [-0.05, 0) is 56.4 Å². The largest absolute Gasteiger partial charge is 0.497 e. The van der Waals surface area contributed by atoms with Crippen LogP contribution in [0, 0.1) is 0 Å². The summed E-state index contributed by atoms with van der Waals surface area (Å²) in [6.07, 6.45) is 2.35. The Morgan fingerprint density at radius 2 is 1.94 bits per heavy atom. The lowest BCUT2D eigenvalue weighted by Crippen LogP contribution is -2.34. The fraction of sp³-hybridized carbons (Fsp3) is 0.391. The Balaban J connectivity index is 1.88. The second kappa shape index (κ2) is 11.0. The monoisotopic (exact) mass is 443 g/mol. The number of methoxy groups -OCH3 is 2. The number of furan rings is 1. The van der Waals surface area contributed by atoms with Crippen molar-refractivity contribution < 1.29 is 18.7 Å². The van der Waals surface area contributed by atoms with Crippen LogP contribution in [0.3, 0.4) is 0 Å². The summed E-state index contributed by atoms with van der Waals surface area (Å²) in [6.45, 7) is 7.72. The summed E-state index contributed by atoms with van der Waals surface area (Å²) in [6, 6.07) is 8.98. The predicted molar refractivity (Wildman–Crippen MR) is 123 cm³/mol. The first-order valence-electron chi connectivity index (χ1n) is 10.4. The van der Waals surface area contributed by atoms with Crippen molar-refractivity contribution in [3.05, 3.63) is 47.7 Å². The summed E-state index contributed by atoms with van der Waals surface area (Å²) in [5, 5.41) is 2.56. The fourth-order valence-corrected chi connectivity index (χ4v) is 4.18. The number of rotatable bonds is 11. The number of thiazole rings is 1. The molecular formula is C23H29N3O4S. The Morgan fingerprint density at radius 3 is 2.58 bits per heavy atom. The maximum absolute atomic E-state index is 13.1. The number of anilines is 1. The molecule has 1 amide bonds. The van der Waals surface area contributed by atoms with E-state index in [1.807, 2.05) is 23.6 Å². The van der Waals surface area contributed by atoms with Crippen molar-refractivity contribution in [2.45, 2.75) is 20.3 Å². The van der Waals surface area contributed by atoms with Gasteiger partial charge in [0, 0.05) is 17.5 Å². The number of carbonyl (C=O) groups excluding carboxylic acids is 1. The molecule has 0 aliphatic heterocycles. The maximum atomic E-state index is 13.1. The molecule has 0 N–H and O–H groups in total. The van der Waals surface area contributed by atoms with Crippen molar-refractivity contribution in [3.63, 3.8) is 0 Å². The number of hydrogen-bond acceptors (Lipinski definition) is 7. The summed E-state index contributed by atoms with van der Waals surface area (Å²) in [4.78, 5) is 21.9. The molecule has 2 heterocycles. The van der Waals surface area contributed by atoms with Crippen LogP contribution in [0.25, 0.3) is 11.3 Å². The zero-order chi connectivity index (χ0) is 22.2. The first-order chi connectivity index (χ1) is 15.1. The number of aromatic nitrogens is 1. The van der Waals surface area contributed by atoms with Crippen molar-refractivity contribution in [2.75, 3.05) is 45.3 Å². The van der Waals surface area contributed by atoms with Crippen LogP contribution in [0.1, 0.15) is 30.8 Å². The minimum Gasteiger partial charge on any atom is -0.497 e. The van der Waals surface area contributed by atoms with Gasteiger partial charge in [0.25, 0.3) is 5.91 Å². The lowest BCUT2D eigenvalue weighted by Gasteiger charge is -2.22. The number of amides is 1. The zero-order valence-corrected chi connectivity index (χ0v) is 19.3. The highest BCUT2D eigenvalue weighted by molar-refractivity contribution is 7.14. The molecule has 7 nitrogen and oxygen atoms in total. The van der Waals surface area contributed by atoms with Crippen molar-refractivity contribution in [1.82, 2.24) is 9.88 Å². The highest BCUT2D eigenvalue weighted by Gasteiger charge is 2.23. The lowest BCUT2D eigenvalue weighted by atomic mass is 10.1. The quantitative estimate of drug-likeness (QED) is 0.424. The zero-order valence-electron chi connectivity index (χ0n) is 18.5. The molecule has 0 bridgehead atoms. The molecule has 0 fully saturated rings. The number of nitrogens with zero attached hydrogens (tertiary/aromatic N) is 3. The Kier molecular flexibility index (Phi) is 8.08. The minimum atomic E-state index is -0.192. The van der Waals surface area contributed by atoms with Crippen LogP contribution in [0.4, 0.5) is 5.13 Å². The molecule has 0 saturated carbocycles. The van der Waals surface area contributed by atoms with Crippen LogP contribution < -0.4 is 14.4 Å². The van der Waals surface area contributed by atoms with E-state index in [1.54, 1.807) is 31.3 Å². The molecule has 3 aromatic rings. The average Bonchev–Trinajstić information content (AvgIpc) is 3.51. The number of benzene rings is 1. The normalized spacial score (nSPS) is 11.0. The van der Waals surface area contributed by atoms with Gasteiger partial charge in [0.1, 0.15) is 11.5 Å². The number of ether oxygens (including phenoxy) is 2. The Morgan fingerprint density at radius 1 is 1.13 bits per heavy atom. The van der Waals surface area contributed by atoms with Gasteiger partial charge in [-0.25, -0.2) is 4.98 Å².